The van der Waals surface area contributed by atoms with Crippen LogP contribution in [-0.2, 0) is 14.3 Å². The van der Waals surface area contributed by atoms with Gasteiger partial charge in [-0.2, -0.15) is 0 Å². The Morgan fingerprint density at radius 2 is 1.87 bits per heavy atom. The van der Waals surface area contributed by atoms with Gasteiger partial charge in [0, 0.05) is 41.9 Å². The third kappa shape index (κ3) is 4.40. The average molecular weight is 417 g/mol. The molecule has 9 nitrogen and oxygen atoms in total. The number of carbonyl (C=O) groups is 2. The maximum Gasteiger partial charge on any atom is 0.363 e. The quantitative estimate of drug-likeness (QED) is 0.288. The summed E-state index contributed by atoms with van der Waals surface area (Å²) in [6.45, 7) is 1.41. The number of hydrogen-bond acceptors (Lipinski definition) is 7. The Hall–Kier alpha value is -4.53. The maximum absolute atomic E-state index is 12.2. The van der Waals surface area contributed by atoms with Crippen LogP contribution in [0.3, 0.4) is 0 Å². The first-order valence-corrected chi connectivity index (χ1v) is 9.14. The summed E-state index contributed by atoms with van der Waals surface area (Å²) >= 11 is 0. The normalized spacial score (nSPS) is 14.3. The van der Waals surface area contributed by atoms with Crippen molar-refractivity contribution in [2.75, 3.05) is 5.32 Å². The highest BCUT2D eigenvalue weighted by Gasteiger charge is 2.24. The number of nitrogens with one attached hydrogen (secondary N) is 1. The predicted molar refractivity (Wildman–Crippen MR) is 112 cm³/mol. The van der Waals surface area contributed by atoms with Crippen molar-refractivity contribution in [3.63, 3.8) is 0 Å². The summed E-state index contributed by atoms with van der Waals surface area (Å²) in [5.41, 5.74) is 1.73. The van der Waals surface area contributed by atoms with Crippen molar-refractivity contribution in [3.8, 4) is 11.3 Å². The summed E-state index contributed by atoms with van der Waals surface area (Å²) < 4.78 is 10.9. The number of benzene rings is 2. The molecule has 1 N–H and O–H groups in total. The highest BCUT2D eigenvalue weighted by Crippen LogP contribution is 2.27. The van der Waals surface area contributed by atoms with E-state index in [1.165, 1.54) is 25.1 Å². The van der Waals surface area contributed by atoms with Crippen LogP contribution in [0.2, 0.25) is 0 Å². The molecule has 0 fully saturated rings. The van der Waals surface area contributed by atoms with E-state index in [1.807, 2.05) is 0 Å². The Morgan fingerprint density at radius 1 is 1.10 bits per heavy atom. The molecule has 0 bridgehead atoms. The molecule has 0 radical (unpaired) electrons. The van der Waals surface area contributed by atoms with Gasteiger partial charge in [0.1, 0.15) is 11.5 Å². The number of anilines is 1. The van der Waals surface area contributed by atoms with Crippen LogP contribution >= 0.6 is 0 Å². The molecule has 4 rings (SSSR count). The average Bonchev–Trinajstić information content (AvgIpc) is 3.35. The molecule has 2 heterocycles. The van der Waals surface area contributed by atoms with Gasteiger partial charge in [0.05, 0.1) is 4.92 Å². The van der Waals surface area contributed by atoms with Gasteiger partial charge in [0.25, 0.3) is 5.69 Å². The number of ether oxygens (including phenoxy) is 1. The lowest BCUT2D eigenvalue weighted by molar-refractivity contribution is -0.384. The van der Waals surface area contributed by atoms with E-state index >= 15 is 0 Å². The first-order valence-electron chi connectivity index (χ1n) is 9.14. The van der Waals surface area contributed by atoms with Crippen molar-refractivity contribution in [1.29, 1.82) is 0 Å². The molecule has 0 aliphatic carbocycles. The predicted octanol–water partition coefficient (Wildman–Crippen LogP) is 4.16. The molecule has 1 aliphatic heterocycles. The van der Waals surface area contributed by atoms with Crippen LogP contribution in [0.5, 0.6) is 0 Å². The van der Waals surface area contributed by atoms with E-state index in [0.717, 1.165) is 0 Å². The molecule has 2 aromatic carbocycles. The Kier molecular flexibility index (Phi) is 5.15. The Balaban J connectivity index is 1.56. The number of nitrogens with zero attached hydrogens (tertiary/aromatic N) is 2. The Bertz CT molecular complexity index is 1250. The fourth-order valence-corrected chi connectivity index (χ4v) is 2.93. The monoisotopic (exact) mass is 417 g/mol. The molecule has 0 saturated heterocycles. The number of aliphatic imine (C=N–C) groups is 1. The molecule has 0 spiro atoms. The van der Waals surface area contributed by atoms with Crippen LogP contribution in [-0.4, -0.2) is 22.7 Å². The third-order valence-corrected chi connectivity index (χ3v) is 4.32. The fraction of sp³-hybridized carbons (Fsp3) is 0.0455. The van der Waals surface area contributed by atoms with E-state index < -0.39 is 10.9 Å². The highest BCUT2D eigenvalue weighted by atomic mass is 16.6. The molecule has 3 aromatic rings. The lowest BCUT2D eigenvalue weighted by atomic mass is 10.1. The van der Waals surface area contributed by atoms with Crippen LogP contribution in [0.25, 0.3) is 17.4 Å². The standard InChI is InChI=1S/C22H15N3O6/c1-13(26)23-16-7-5-14(6-8-16)21-24-19(22(27)31-21)12-18-9-10-20(30-18)15-3-2-4-17(11-15)25(28)29/h2-12H,1H3,(H,23,26)/b19-12-. The second-order valence-electron chi connectivity index (χ2n) is 6.60. The van der Waals surface area contributed by atoms with Gasteiger partial charge >= 0.3 is 5.97 Å². The van der Waals surface area contributed by atoms with Crippen LogP contribution in [0.15, 0.2) is 75.8 Å². The number of rotatable bonds is 5. The Morgan fingerprint density at radius 3 is 2.58 bits per heavy atom. The highest BCUT2D eigenvalue weighted by molar-refractivity contribution is 6.12. The lowest BCUT2D eigenvalue weighted by Gasteiger charge is -2.03. The molecule has 0 atom stereocenters. The van der Waals surface area contributed by atoms with E-state index in [1.54, 1.807) is 48.5 Å². The summed E-state index contributed by atoms with van der Waals surface area (Å²) in [5.74, 6) is 0.0787. The number of cyclic esters (lactones) is 1. The van der Waals surface area contributed by atoms with Gasteiger partial charge in [-0.1, -0.05) is 12.1 Å². The van der Waals surface area contributed by atoms with Gasteiger partial charge in [-0.3, -0.25) is 14.9 Å². The molecule has 1 amide bonds. The number of nitro benzene ring substituents is 1. The van der Waals surface area contributed by atoms with E-state index in [0.29, 0.717) is 28.3 Å². The molecular weight excluding hydrogens is 402 g/mol. The summed E-state index contributed by atoms with van der Waals surface area (Å²) in [6, 6.07) is 16.0. The van der Waals surface area contributed by atoms with Crippen molar-refractivity contribution < 1.29 is 23.7 Å². The Labute approximate surface area is 175 Å². The van der Waals surface area contributed by atoms with Crippen molar-refractivity contribution in [1.82, 2.24) is 0 Å². The minimum atomic E-state index is -0.630. The van der Waals surface area contributed by atoms with Crippen LogP contribution < -0.4 is 5.32 Å². The minimum absolute atomic E-state index is 0.0491. The molecule has 9 heteroatoms. The molecule has 0 saturated carbocycles. The van der Waals surface area contributed by atoms with Crippen molar-refractivity contribution >= 4 is 35.2 Å². The summed E-state index contributed by atoms with van der Waals surface area (Å²) in [7, 11) is 0. The number of carbonyl (C=O) groups excluding carboxylic acids is 2. The summed E-state index contributed by atoms with van der Waals surface area (Å²) in [6.07, 6.45) is 1.43. The molecule has 1 aromatic heterocycles. The third-order valence-electron chi connectivity index (χ3n) is 4.32. The molecule has 31 heavy (non-hydrogen) atoms. The SMILES string of the molecule is CC(=O)Nc1ccc(C2=N/C(=C\c3ccc(-c4cccc([N+](=O)[O-])c4)o3)C(=O)O2)cc1. The number of nitro groups is 1. The van der Waals surface area contributed by atoms with E-state index in [-0.39, 0.29) is 23.2 Å². The minimum Gasteiger partial charge on any atom is -0.457 e. The second kappa shape index (κ2) is 8.07. The van der Waals surface area contributed by atoms with Gasteiger partial charge < -0.3 is 14.5 Å². The van der Waals surface area contributed by atoms with Crippen LogP contribution in [0.4, 0.5) is 11.4 Å². The van der Waals surface area contributed by atoms with Crippen molar-refractivity contribution in [2.45, 2.75) is 6.92 Å². The number of amides is 1. The zero-order chi connectivity index (χ0) is 22.0. The first-order chi connectivity index (χ1) is 14.9. The largest absolute Gasteiger partial charge is 0.457 e. The first kappa shape index (κ1) is 19.8. The number of hydrogen-bond donors (Lipinski definition) is 1. The fourth-order valence-electron chi connectivity index (χ4n) is 2.93. The van der Waals surface area contributed by atoms with Gasteiger partial charge in [0.15, 0.2) is 5.70 Å². The molecular formula is C22H15N3O6. The van der Waals surface area contributed by atoms with E-state index in [9.17, 15) is 19.7 Å². The van der Waals surface area contributed by atoms with Gasteiger partial charge in [-0.25, -0.2) is 9.79 Å². The van der Waals surface area contributed by atoms with E-state index in [4.69, 9.17) is 9.15 Å². The zero-order valence-corrected chi connectivity index (χ0v) is 16.2. The van der Waals surface area contributed by atoms with Crippen LogP contribution in [0.1, 0.15) is 18.2 Å². The topological polar surface area (TPSA) is 124 Å². The van der Waals surface area contributed by atoms with E-state index in [2.05, 4.69) is 10.3 Å². The summed E-state index contributed by atoms with van der Waals surface area (Å²) in [5, 5.41) is 13.6. The van der Waals surface area contributed by atoms with Crippen molar-refractivity contribution in [3.05, 3.63) is 87.8 Å². The second-order valence-corrected chi connectivity index (χ2v) is 6.60. The maximum atomic E-state index is 12.2. The number of furan rings is 1. The smallest absolute Gasteiger partial charge is 0.363 e. The number of non-ortho nitro benzene ring substituents is 1. The number of esters is 1. The van der Waals surface area contributed by atoms with Gasteiger partial charge in [-0.15, -0.1) is 0 Å². The summed E-state index contributed by atoms with van der Waals surface area (Å²) in [4.78, 5) is 38.0. The van der Waals surface area contributed by atoms with Crippen molar-refractivity contribution in [2.24, 2.45) is 4.99 Å². The van der Waals surface area contributed by atoms with Gasteiger partial charge in [0.2, 0.25) is 11.8 Å². The lowest BCUT2D eigenvalue weighted by Crippen LogP contribution is -2.07. The van der Waals surface area contributed by atoms with Gasteiger partial charge in [-0.05, 0) is 36.4 Å². The zero-order valence-electron chi connectivity index (χ0n) is 16.2. The molecule has 1 aliphatic rings. The molecule has 154 valence electrons. The van der Waals surface area contributed by atoms with Crippen LogP contribution in [0, 0.1) is 10.1 Å². The molecule has 0 unspecified atom stereocenters.